The fourth-order valence-corrected chi connectivity index (χ4v) is 6.49. The Hall–Kier alpha value is -2.64. The van der Waals surface area contributed by atoms with Crippen LogP contribution in [0.5, 0.6) is 0 Å². The van der Waals surface area contributed by atoms with Crippen molar-refractivity contribution >= 4 is 23.1 Å². The van der Waals surface area contributed by atoms with E-state index >= 15 is 4.39 Å². The van der Waals surface area contributed by atoms with Gasteiger partial charge in [0.15, 0.2) is 28.8 Å². The van der Waals surface area contributed by atoms with Crippen LogP contribution in [-0.4, -0.2) is 40.5 Å². The number of aliphatic hydroxyl groups is 1. The number of halogens is 1. The second-order valence-corrected chi connectivity index (χ2v) is 9.19. The summed E-state index contributed by atoms with van der Waals surface area (Å²) in [5.41, 5.74) is 3.51. The third kappa shape index (κ3) is 2.27. The molecular weight excluding hydrogens is 393 g/mol. The predicted octanol–water partition coefficient (Wildman–Crippen LogP) is 2.56. The topological polar surface area (TPSA) is 137 Å². The summed E-state index contributed by atoms with van der Waals surface area (Å²) in [4.78, 5) is 53.5. The molecule has 30 heavy (non-hydrogen) atoms. The van der Waals surface area contributed by atoms with E-state index in [1.54, 1.807) is 6.92 Å². The largest absolute Gasteiger partial charge is 0.389 e. The van der Waals surface area contributed by atoms with E-state index in [1.165, 1.54) is 13.0 Å². The molecular formula is C21H22FN3O5. The number of alkyl halides is 1. The van der Waals surface area contributed by atoms with E-state index in [9.17, 15) is 24.3 Å². The number of fused-ring (bicyclic) bond motifs is 5. The molecule has 4 rings (SSSR count). The first-order valence-corrected chi connectivity index (χ1v) is 9.97. The molecule has 0 aromatic carbocycles. The summed E-state index contributed by atoms with van der Waals surface area (Å²) in [6, 6.07) is 0. The van der Waals surface area contributed by atoms with Crippen LogP contribution >= 0.6 is 0 Å². The molecule has 0 aliphatic heterocycles. The minimum Gasteiger partial charge on any atom is -0.389 e. The monoisotopic (exact) mass is 415 g/mol. The van der Waals surface area contributed by atoms with Gasteiger partial charge in [-0.25, -0.2) is 4.39 Å². The molecule has 0 unspecified atom stereocenters. The zero-order valence-electron chi connectivity index (χ0n) is 16.7. The quantitative estimate of drug-likeness (QED) is 0.327. The number of carbonyl (C=O) groups excluding carboxylic acids is 4. The van der Waals surface area contributed by atoms with Crippen molar-refractivity contribution in [1.82, 2.24) is 0 Å². The fourth-order valence-electron chi connectivity index (χ4n) is 6.49. The lowest BCUT2D eigenvalue weighted by molar-refractivity contribution is -0.169. The predicted molar refractivity (Wildman–Crippen MR) is 101 cm³/mol. The molecule has 2 saturated carbocycles. The van der Waals surface area contributed by atoms with E-state index in [-0.39, 0.29) is 23.5 Å². The molecule has 0 spiro atoms. The van der Waals surface area contributed by atoms with Crippen molar-refractivity contribution in [3.05, 3.63) is 33.9 Å². The van der Waals surface area contributed by atoms with Gasteiger partial charge in [-0.05, 0) is 48.3 Å². The lowest BCUT2D eigenvalue weighted by Crippen LogP contribution is -2.67. The van der Waals surface area contributed by atoms with E-state index in [1.807, 2.05) is 0 Å². The SMILES string of the molecule is C[C@]12CC(=O)[C@@]3(F)[C@@H](C=C(N=[N+]=[N-])C4=CC(=O)CC(=O)[C@@]43C)[C@@H]1CC[C@@H]2C(=O)CO. The molecule has 4 aliphatic rings. The number of allylic oxidation sites excluding steroid dienone is 3. The van der Waals surface area contributed by atoms with Crippen LogP contribution in [-0.2, 0) is 19.2 Å². The summed E-state index contributed by atoms with van der Waals surface area (Å²) in [7, 11) is 0. The molecule has 8 nitrogen and oxygen atoms in total. The Morgan fingerprint density at radius 3 is 2.63 bits per heavy atom. The smallest absolute Gasteiger partial charge is 0.191 e. The van der Waals surface area contributed by atoms with Gasteiger partial charge in [-0.3, -0.25) is 19.2 Å². The number of aliphatic hydroxyl groups excluding tert-OH is 1. The number of hydrogen-bond acceptors (Lipinski definition) is 6. The molecule has 0 aromatic heterocycles. The average Bonchev–Trinajstić information content (AvgIpc) is 3.02. The lowest BCUT2D eigenvalue weighted by atomic mass is 9.45. The number of nitrogens with zero attached hydrogens (tertiary/aromatic N) is 3. The van der Waals surface area contributed by atoms with E-state index < -0.39 is 64.6 Å². The maximum Gasteiger partial charge on any atom is 0.191 e. The molecule has 2 fully saturated rings. The van der Waals surface area contributed by atoms with E-state index in [2.05, 4.69) is 10.0 Å². The van der Waals surface area contributed by atoms with Gasteiger partial charge in [0.25, 0.3) is 0 Å². The van der Waals surface area contributed by atoms with Gasteiger partial charge in [-0.15, -0.1) is 0 Å². The molecule has 0 amide bonds. The molecule has 0 saturated heterocycles. The second-order valence-electron chi connectivity index (χ2n) is 9.19. The first-order chi connectivity index (χ1) is 14.0. The van der Waals surface area contributed by atoms with Gasteiger partial charge in [0.1, 0.15) is 6.61 Å². The summed E-state index contributed by atoms with van der Waals surface area (Å²) in [6.07, 6.45) is 2.53. The van der Waals surface area contributed by atoms with Crippen molar-refractivity contribution in [2.75, 3.05) is 6.61 Å². The third-order valence-electron chi connectivity index (χ3n) is 8.02. The maximum atomic E-state index is 16.9. The Morgan fingerprint density at radius 2 is 2.00 bits per heavy atom. The number of carbonyl (C=O) groups is 4. The first-order valence-electron chi connectivity index (χ1n) is 9.97. The minimum absolute atomic E-state index is 0.0198. The highest BCUT2D eigenvalue weighted by Gasteiger charge is 2.73. The number of rotatable bonds is 3. The molecule has 1 N–H and O–H groups in total. The molecule has 6 atom stereocenters. The van der Waals surface area contributed by atoms with Crippen LogP contribution in [0, 0.1) is 28.6 Å². The highest BCUT2D eigenvalue weighted by molar-refractivity contribution is 6.15. The zero-order chi connectivity index (χ0) is 22.1. The van der Waals surface area contributed by atoms with Gasteiger partial charge in [0, 0.05) is 28.9 Å². The summed E-state index contributed by atoms with van der Waals surface area (Å²) in [5.74, 6) is -4.57. The summed E-state index contributed by atoms with van der Waals surface area (Å²) < 4.78 is 16.9. The molecule has 9 heteroatoms. The van der Waals surface area contributed by atoms with Crippen LogP contribution < -0.4 is 0 Å². The standard InChI is InChI=1S/C21H22FN3O5/c1-19-8-18(30)21(22)13(11(19)3-4-12(19)16(28)9-26)7-15(24-25-23)14-5-10(27)6-17(29)20(14,21)2/h5,7,11-13,26H,3-4,6,8-9H2,1-2H3/t11-,12+,13-,19-,20+,21-/m0/s1. The lowest BCUT2D eigenvalue weighted by Gasteiger charge is -2.57. The highest BCUT2D eigenvalue weighted by atomic mass is 19.1. The first kappa shape index (κ1) is 20.6. The second kappa shape index (κ2) is 6.43. The Balaban J connectivity index is 1.97. The molecule has 0 radical (unpaired) electrons. The zero-order valence-corrected chi connectivity index (χ0v) is 16.7. The maximum absolute atomic E-state index is 16.9. The van der Waals surface area contributed by atoms with Gasteiger partial charge in [-0.2, -0.15) is 0 Å². The Kier molecular flexibility index (Phi) is 4.42. The van der Waals surface area contributed by atoms with E-state index in [4.69, 9.17) is 5.53 Å². The van der Waals surface area contributed by atoms with E-state index in [0.717, 1.165) is 6.08 Å². The van der Waals surface area contributed by atoms with Crippen LogP contribution in [0.4, 0.5) is 4.39 Å². The van der Waals surface area contributed by atoms with Gasteiger partial charge in [-0.1, -0.05) is 18.1 Å². The number of azide groups is 1. The summed E-state index contributed by atoms with van der Waals surface area (Å²) in [5, 5.41) is 13.0. The number of Topliss-reactive ketones (excluding diaryl/α,β-unsaturated/α-hetero) is 3. The minimum atomic E-state index is -2.60. The Labute approximate surface area is 171 Å². The molecule has 0 bridgehead atoms. The highest BCUT2D eigenvalue weighted by Crippen LogP contribution is 2.67. The Morgan fingerprint density at radius 1 is 1.30 bits per heavy atom. The van der Waals surface area contributed by atoms with Crippen molar-refractivity contribution in [2.24, 2.45) is 33.7 Å². The van der Waals surface area contributed by atoms with E-state index in [0.29, 0.717) is 12.8 Å². The van der Waals surface area contributed by atoms with Crippen molar-refractivity contribution in [2.45, 2.75) is 45.2 Å². The molecule has 0 heterocycles. The van der Waals surface area contributed by atoms with Gasteiger partial charge >= 0.3 is 0 Å². The molecule has 0 aromatic rings. The molecule has 4 aliphatic carbocycles. The van der Waals surface area contributed by atoms with Crippen molar-refractivity contribution < 1.29 is 28.7 Å². The van der Waals surface area contributed by atoms with Crippen LogP contribution in [0.1, 0.15) is 39.5 Å². The fraction of sp³-hybridized carbons (Fsp3) is 0.619. The van der Waals surface area contributed by atoms with Gasteiger partial charge < -0.3 is 5.11 Å². The van der Waals surface area contributed by atoms with Crippen LogP contribution in [0.3, 0.4) is 0 Å². The molecule has 158 valence electrons. The van der Waals surface area contributed by atoms with Gasteiger partial charge in [0.2, 0.25) is 0 Å². The average molecular weight is 415 g/mol. The number of hydrogen-bond donors (Lipinski definition) is 1. The van der Waals surface area contributed by atoms with Crippen molar-refractivity contribution in [3.63, 3.8) is 0 Å². The van der Waals surface area contributed by atoms with Crippen LogP contribution in [0.25, 0.3) is 10.4 Å². The van der Waals surface area contributed by atoms with Crippen LogP contribution in [0.2, 0.25) is 0 Å². The Bertz CT molecular complexity index is 1010. The van der Waals surface area contributed by atoms with Crippen molar-refractivity contribution in [3.8, 4) is 0 Å². The summed E-state index contributed by atoms with van der Waals surface area (Å²) in [6.45, 7) is 2.41. The van der Waals surface area contributed by atoms with Crippen LogP contribution in [0.15, 0.2) is 28.5 Å². The normalized spacial score (nSPS) is 42.4. The third-order valence-corrected chi connectivity index (χ3v) is 8.02. The van der Waals surface area contributed by atoms with Gasteiger partial charge in [0.05, 0.1) is 11.8 Å². The number of ketones is 4. The summed E-state index contributed by atoms with van der Waals surface area (Å²) >= 11 is 0. The van der Waals surface area contributed by atoms with Crippen molar-refractivity contribution in [1.29, 1.82) is 0 Å².